The van der Waals surface area contributed by atoms with Gasteiger partial charge < -0.3 is 19.7 Å². The van der Waals surface area contributed by atoms with E-state index in [1.807, 2.05) is 0 Å². The quantitative estimate of drug-likeness (QED) is 0.644. The van der Waals surface area contributed by atoms with Crippen molar-refractivity contribution in [2.45, 2.75) is 38.1 Å². The lowest BCUT2D eigenvalue weighted by Gasteiger charge is -2.16. The van der Waals surface area contributed by atoms with Gasteiger partial charge in [0.05, 0.1) is 12.4 Å². The van der Waals surface area contributed by atoms with Crippen LogP contribution >= 0.6 is 0 Å². The summed E-state index contributed by atoms with van der Waals surface area (Å²) in [5.74, 6) is -4.18. The number of benzene rings is 1. The first-order valence-electron chi connectivity index (χ1n) is 8.32. The molecule has 0 bridgehead atoms. The zero-order chi connectivity index (χ0) is 20.0. The van der Waals surface area contributed by atoms with E-state index in [9.17, 15) is 23.4 Å². The molecule has 148 valence electrons. The maximum atomic E-state index is 13.3. The summed E-state index contributed by atoms with van der Waals surface area (Å²) in [6, 6.07) is 1.64. The Kier molecular flexibility index (Phi) is 4.65. The van der Waals surface area contributed by atoms with Crippen molar-refractivity contribution in [2.24, 2.45) is 0 Å². The number of aliphatic hydroxyl groups is 2. The molecule has 4 atom stereocenters. The van der Waals surface area contributed by atoms with Gasteiger partial charge in [-0.1, -0.05) is 0 Å². The number of hydrogen-bond acceptors (Lipinski definition) is 7. The highest BCUT2D eigenvalue weighted by Crippen LogP contribution is 2.32. The van der Waals surface area contributed by atoms with Gasteiger partial charge in [0.2, 0.25) is 5.88 Å². The van der Waals surface area contributed by atoms with Gasteiger partial charge in [-0.3, -0.25) is 4.57 Å². The lowest BCUT2D eigenvalue weighted by atomic mass is 10.1. The minimum absolute atomic E-state index is 0.0231. The van der Waals surface area contributed by atoms with E-state index in [1.165, 1.54) is 17.2 Å². The van der Waals surface area contributed by atoms with Crippen molar-refractivity contribution in [3.8, 4) is 5.88 Å². The van der Waals surface area contributed by atoms with Gasteiger partial charge in [0.1, 0.15) is 25.1 Å². The van der Waals surface area contributed by atoms with Gasteiger partial charge in [-0.05, 0) is 24.6 Å². The highest BCUT2D eigenvalue weighted by Gasteiger charge is 2.42. The number of imidazole rings is 1. The van der Waals surface area contributed by atoms with E-state index in [0.29, 0.717) is 0 Å². The summed E-state index contributed by atoms with van der Waals surface area (Å²) in [5.41, 5.74) is 0.552. The Morgan fingerprint density at radius 3 is 2.46 bits per heavy atom. The summed E-state index contributed by atoms with van der Waals surface area (Å²) in [6.07, 6.45) is -1.21. The monoisotopic (exact) mass is 396 g/mol. The van der Waals surface area contributed by atoms with Gasteiger partial charge in [0.15, 0.2) is 34.8 Å². The van der Waals surface area contributed by atoms with E-state index >= 15 is 0 Å². The van der Waals surface area contributed by atoms with Crippen molar-refractivity contribution < 1.29 is 32.9 Å². The van der Waals surface area contributed by atoms with Crippen LogP contribution in [0.25, 0.3) is 11.2 Å². The Labute approximate surface area is 156 Å². The number of aliphatic hydroxyl groups excluding tert-OH is 2. The third-order valence-corrected chi connectivity index (χ3v) is 4.50. The third kappa shape index (κ3) is 3.07. The molecule has 28 heavy (non-hydrogen) atoms. The Morgan fingerprint density at radius 2 is 1.82 bits per heavy atom. The van der Waals surface area contributed by atoms with E-state index < -0.39 is 42.0 Å². The van der Waals surface area contributed by atoms with Crippen molar-refractivity contribution in [2.75, 3.05) is 0 Å². The summed E-state index contributed by atoms with van der Waals surface area (Å²) in [4.78, 5) is 12.2. The minimum Gasteiger partial charge on any atom is -0.471 e. The lowest BCUT2D eigenvalue weighted by molar-refractivity contribution is -0.0299. The number of ether oxygens (including phenoxy) is 2. The maximum absolute atomic E-state index is 13.3. The van der Waals surface area contributed by atoms with Crippen LogP contribution in [-0.2, 0) is 11.3 Å². The molecule has 1 saturated heterocycles. The third-order valence-electron chi connectivity index (χ3n) is 4.50. The molecule has 1 fully saturated rings. The van der Waals surface area contributed by atoms with Gasteiger partial charge in [-0.25, -0.2) is 23.1 Å². The molecule has 0 unspecified atom stereocenters. The van der Waals surface area contributed by atoms with Gasteiger partial charge in [-0.2, -0.15) is 4.98 Å². The van der Waals surface area contributed by atoms with Crippen molar-refractivity contribution in [1.82, 2.24) is 19.5 Å². The molecular weight excluding hydrogens is 381 g/mol. The van der Waals surface area contributed by atoms with Crippen LogP contribution in [0.3, 0.4) is 0 Å². The predicted molar refractivity (Wildman–Crippen MR) is 87.6 cm³/mol. The Balaban J connectivity index is 1.61. The van der Waals surface area contributed by atoms with Gasteiger partial charge in [-0.15, -0.1) is 0 Å². The molecule has 0 spiro atoms. The molecular formula is C17H15F3N4O4. The normalized spacial score (nSPS) is 24.8. The standard InChI is InChI=1S/C17H15F3N4O4/c1-7-13(25)14(26)17(28-7)24-6-23-12-15(24)21-5-22-16(12)27-4-8-2-9(18)11(20)10(19)3-8/h2-3,5-7,13-14,17,25-26H,4H2,1H3/t7-,13-,14-,17-/m1/s1. The number of nitrogens with zero attached hydrogens (tertiary/aromatic N) is 4. The molecule has 2 aromatic heterocycles. The molecule has 8 nitrogen and oxygen atoms in total. The van der Waals surface area contributed by atoms with Crippen LogP contribution < -0.4 is 4.74 Å². The minimum atomic E-state index is -1.56. The van der Waals surface area contributed by atoms with E-state index in [0.717, 1.165) is 12.1 Å². The zero-order valence-corrected chi connectivity index (χ0v) is 14.5. The predicted octanol–water partition coefficient (Wildman–Crippen LogP) is 1.46. The first-order valence-corrected chi connectivity index (χ1v) is 8.32. The van der Waals surface area contributed by atoms with Crippen LogP contribution in [0, 0.1) is 17.5 Å². The number of rotatable bonds is 4. The second-order valence-electron chi connectivity index (χ2n) is 6.38. The molecule has 0 radical (unpaired) electrons. The highest BCUT2D eigenvalue weighted by molar-refractivity contribution is 5.76. The van der Waals surface area contributed by atoms with Crippen LogP contribution in [0.1, 0.15) is 18.7 Å². The molecule has 0 aliphatic carbocycles. The molecule has 3 heterocycles. The van der Waals surface area contributed by atoms with E-state index in [1.54, 1.807) is 6.92 Å². The first kappa shape index (κ1) is 18.6. The summed E-state index contributed by atoms with van der Waals surface area (Å²) in [6.45, 7) is 1.34. The van der Waals surface area contributed by atoms with Crippen molar-refractivity contribution in [1.29, 1.82) is 0 Å². The van der Waals surface area contributed by atoms with Gasteiger partial charge >= 0.3 is 0 Å². The summed E-state index contributed by atoms with van der Waals surface area (Å²) in [7, 11) is 0. The molecule has 3 aromatic rings. The summed E-state index contributed by atoms with van der Waals surface area (Å²) < 4.78 is 52.1. The van der Waals surface area contributed by atoms with Crippen molar-refractivity contribution >= 4 is 11.2 Å². The first-order chi connectivity index (χ1) is 13.4. The molecule has 0 saturated carbocycles. The average molecular weight is 396 g/mol. The molecule has 0 amide bonds. The smallest absolute Gasteiger partial charge is 0.245 e. The van der Waals surface area contributed by atoms with E-state index in [4.69, 9.17) is 9.47 Å². The van der Waals surface area contributed by atoms with Crippen LogP contribution in [-0.4, -0.2) is 48.0 Å². The van der Waals surface area contributed by atoms with Crippen LogP contribution in [0.5, 0.6) is 5.88 Å². The Bertz CT molecular complexity index is 1010. The van der Waals surface area contributed by atoms with Crippen LogP contribution in [0.4, 0.5) is 13.2 Å². The second-order valence-corrected chi connectivity index (χ2v) is 6.38. The molecule has 1 aromatic carbocycles. The number of aromatic nitrogens is 4. The van der Waals surface area contributed by atoms with Gasteiger partial charge in [0.25, 0.3) is 0 Å². The number of hydrogen-bond donors (Lipinski definition) is 2. The van der Waals surface area contributed by atoms with E-state index in [-0.39, 0.29) is 29.2 Å². The fourth-order valence-electron chi connectivity index (χ4n) is 3.02. The second kappa shape index (κ2) is 7.00. The fraction of sp³-hybridized carbons (Fsp3) is 0.353. The zero-order valence-electron chi connectivity index (χ0n) is 14.5. The Hall–Kier alpha value is -2.76. The number of fused-ring (bicyclic) bond motifs is 1. The maximum Gasteiger partial charge on any atom is 0.245 e. The summed E-state index contributed by atoms with van der Waals surface area (Å²) >= 11 is 0. The van der Waals surface area contributed by atoms with Crippen molar-refractivity contribution in [3.05, 3.63) is 47.8 Å². The molecule has 2 N–H and O–H groups in total. The largest absolute Gasteiger partial charge is 0.471 e. The lowest BCUT2D eigenvalue weighted by Crippen LogP contribution is -2.30. The van der Waals surface area contributed by atoms with Crippen molar-refractivity contribution in [3.63, 3.8) is 0 Å². The molecule has 1 aliphatic rings. The Morgan fingerprint density at radius 1 is 1.11 bits per heavy atom. The summed E-state index contributed by atoms with van der Waals surface area (Å²) in [5, 5.41) is 20.0. The molecule has 1 aliphatic heterocycles. The van der Waals surface area contributed by atoms with E-state index in [2.05, 4.69) is 15.0 Å². The fourth-order valence-corrected chi connectivity index (χ4v) is 3.02. The average Bonchev–Trinajstić information content (AvgIpc) is 3.21. The topological polar surface area (TPSA) is 103 Å². The van der Waals surface area contributed by atoms with Gasteiger partial charge in [0, 0.05) is 0 Å². The number of halogens is 3. The molecule has 11 heteroatoms. The van der Waals surface area contributed by atoms with Crippen LogP contribution in [0.15, 0.2) is 24.8 Å². The molecule has 4 rings (SSSR count). The SMILES string of the molecule is C[C@H]1O[C@@H](n2cnc3c(OCc4cc(F)c(F)c(F)c4)ncnc32)[C@H](O)[C@@H]1O. The highest BCUT2D eigenvalue weighted by atomic mass is 19.2. The van der Waals surface area contributed by atoms with Crippen LogP contribution in [0.2, 0.25) is 0 Å².